The van der Waals surface area contributed by atoms with Crippen LogP contribution in [0.5, 0.6) is 0 Å². The van der Waals surface area contributed by atoms with Crippen molar-refractivity contribution in [1.82, 2.24) is 0 Å². The van der Waals surface area contributed by atoms with Crippen molar-refractivity contribution in [3.63, 3.8) is 0 Å². The Kier molecular flexibility index (Phi) is 2.14. The number of rotatable bonds is 2. The summed E-state index contributed by atoms with van der Waals surface area (Å²) in [6.45, 7) is 4.67. The first kappa shape index (κ1) is 12.4. The van der Waals surface area contributed by atoms with Gasteiger partial charge in [-0.1, -0.05) is 13.8 Å². The highest BCUT2D eigenvalue weighted by atomic mass is 16.8. The minimum Gasteiger partial charge on any atom is -0.386 e. The molecule has 1 saturated heterocycles. The lowest BCUT2D eigenvalue weighted by atomic mass is 9.85. The predicted octanol–water partition coefficient (Wildman–Crippen LogP) is 0.898. The number of ether oxygens (including phenoxy) is 2. The molecule has 2 fully saturated rings. The molecule has 1 spiro atoms. The maximum Gasteiger partial charge on any atom is 0.293 e. The van der Waals surface area contributed by atoms with Crippen molar-refractivity contribution in [3.8, 4) is 12.1 Å². The zero-order chi connectivity index (χ0) is 13.9. The number of hydrogen-bond donors (Lipinski definition) is 1. The summed E-state index contributed by atoms with van der Waals surface area (Å²) in [5.74, 6) is -1.20. The molecule has 2 aliphatic heterocycles. The highest BCUT2D eigenvalue weighted by Crippen LogP contribution is 2.87. The monoisotopic (exact) mass is 260 g/mol. The molecule has 0 aromatic carbocycles. The molecular formula is C13H16N4O2. The molecule has 0 unspecified atom stereocenters. The fraction of sp³-hybridized carbons (Fsp3) is 0.769. The van der Waals surface area contributed by atoms with Gasteiger partial charge in [-0.25, -0.2) is 4.99 Å². The summed E-state index contributed by atoms with van der Waals surface area (Å²) in [5, 5.41) is 19.5. The van der Waals surface area contributed by atoms with Gasteiger partial charge in [0.05, 0.1) is 25.4 Å². The van der Waals surface area contributed by atoms with E-state index in [1.165, 1.54) is 0 Å². The van der Waals surface area contributed by atoms with Gasteiger partial charge in [-0.2, -0.15) is 10.5 Å². The third-order valence-electron chi connectivity index (χ3n) is 5.28. The molecule has 1 aliphatic carbocycles. The van der Waals surface area contributed by atoms with Gasteiger partial charge in [0, 0.05) is 5.41 Å². The number of fused-ring (bicyclic) bond motifs is 2. The highest BCUT2D eigenvalue weighted by molar-refractivity contribution is 6.00. The molecule has 0 radical (unpaired) electrons. The number of hydrogen-bond acceptors (Lipinski definition) is 6. The summed E-state index contributed by atoms with van der Waals surface area (Å²) in [4.78, 5) is 4.23. The molecule has 6 nitrogen and oxygen atoms in total. The molecule has 2 atom stereocenters. The summed E-state index contributed by atoms with van der Waals surface area (Å²) in [6, 6.07) is 4.56. The molecule has 2 heterocycles. The average Bonchev–Trinajstić information content (AvgIpc) is 2.65. The van der Waals surface area contributed by atoms with Crippen LogP contribution in [-0.2, 0) is 9.47 Å². The zero-order valence-corrected chi connectivity index (χ0v) is 11.1. The summed E-state index contributed by atoms with van der Waals surface area (Å²) < 4.78 is 11.3. The maximum atomic E-state index is 9.81. The van der Waals surface area contributed by atoms with E-state index in [0.29, 0.717) is 26.1 Å². The Morgan fingerprint density at radius 2 is 1.79 bits per heavy atom. The Balaban J connectivity index is 2.29. The van der Waals surface area contributed by atoms with Gasteiger partial charge < -0.3 is 15.2 Å². The summed E-state index contributed by atoms with van der Waals surface area (Å²) in [5.41, 5.74) is 3.28. The second kappa shape index (κ2) is 3.27. The van der Waals surface area contributed by atoms with E-state index in [1.807, 2.05) is 13.8 Å². The number of nitrogens with zero attached hydrogens (tertiary/aromatic N) is 3. The fourth-order valence-electron chi connectivity index (χ4n) is 4.50. The molecule has 0 aromatic rings. The molecule has 100 valence electrons. The zero-order valence-electron chi connectivity index (χ0n) is 11.1. The minimum absolute atomic E-state index is 0.183. The molecule has 1 saturated carbocycles. The molecule has 0 bridgehead atoms. The summed E-state index contributed by atoms with van der Waals surface area (Å²) >= 11 is 0. The van der Waals surface area contributed by atoms with Gasteiger partial charge in [0.15, 0.2) is 5.41 Å². The normalized spacial score (nSPS) is 40.3. The maximum absolute atomic E-state index is 9.81. The van der Waals surface area contributed by atoms with Gasteiger partial charge in [-0.3, -0.25) is 0 Å². The molecule has 0 aromatic heterocycles. The van der Waals surface area contributed by atoms with Crippen LogP contribution in [0.4, 0.5) is 0 Å². The molecule has 2 N–H and O–H groups in total. The Morgan fingerprint density at radius 1 is 1.21 bits per heavy atom. The van der Waals surface area contributed by atoms with Crippen molar-refractivity contribution in [2.24, 2.45) is 27.0 Å². The fourth-order valence-corrected chi connectivity index (χ4v) is 4.50. The highest BCUT2D eigenvalue weighted by Gasteiger charge is 2.99. The third-order valence-corrected chi connectivity index (χ3v) is 5.28. The quantitative estimate of drug-likeness (QED) is 0.794. The topological polar surface area (TPSA) is 104 Å². The summed E-state index contributed by atoms with van der Waals surface area (Å²) in [7, 11) is 0. The molecule has 19 heavy (non-hydrogen) atoms. The first-order chi connectivity index (χ1) is 9.08. The van der Waals surface area contributed by atoms with Crippen LogP contribution in [0.15, 0.2) is 4.99 Å². The van der Waals surface area contributed by atoms with Gasteiger partial charge in [0.2, 0.25) is 0 Å². The Labute approximate surface area is 111 Å². The van der Waals surface area contributed by atoms with Gasteiger partial charge in [0.25, 0.3) is 5.91 Å². The lowest BCUT2D eigenvalue weighted by molar-refractivity contribution is -0.192. The lowest BCUT2D eigenvalue weighted by Crippen LogP contribution is -2.41. The summed E-state index contributed by atoms with van der Waals surface area (Å²) in [6.07, 6.45) is 1.32. The van der Waals surface area contributed by atoms with E-state index in [1.54, 1.807) is 0 Å². The largest absolute Gasteiger partial charge is 0.386 e. The number of nitriles is 2. The molecule has 3 rings (SSSR count). The van der Waals surface area contributed by atoms with Crippen molar-refractivity contribution in [1.29, 1.82) is 10.5 Å². The first-order valence-electron chi connectivity index (χ1n) is 6.54. The van der Waals surface area contributed by atoms with E-state index in [0.717, 1.165) is 0 Å². The number of amidine groups is 1. The van der Waals surface area contributed by atoms with Crippen molar-refractivity contribution < 1.29 is 9.47 Å². The SMILES string of the molecule is CCC1(CC)[C@]2(C#N)C3(N=C(N)[C@]12C#N)OCCO3. The van der Waals surface area contributed by atoms with Crippen LogP contribution < -0.4 is 5.73 Å². The van der Waals surface area contributed by atoms with Gasteiger partial charge >= 0.3 is 0 Å². The first-order valence-corrected chi connectivity index (χ1v) is 6.54. The third kappa shape index (κ3) is 0.816. The smallest absolute Gasteiger partial charge is 0.293 e. The average molecular weight is 260 g/mol. The van der Waals surface area contributed by atoms with Crippen LogP contribution in [0.25, 0.3) is 0 Å². The van der Waals surface area contributed by atoms with Crippen molar-refractivity contribution in [3.05, 3.63) is 0 Å². The van der Waals surface area contributed by atoms with Crippen LogP contribution in [0.2, 0.25) is 0 Å². The number of aliphatic imine (C=N–C) groups is 1. The van der Waals surface area contributed by atoms with E-state index in [-0.39, 0.29) is 5.84 Å². The second-order valence-corrected chi connectivity index (χ2v) is 5.29. The van der Waals surface area contributed by atoms with Crippen molar-refractivity contribution in [2.75, 3.05) is 13.2 Å². The van der Waals surface area contributed by atoms with Crippen molar-refractivity contribution >= 4 is 5.84 Å². The predicted molar refractivity (Wildman–Crippen MR) is 65.4 cm³/mol. The van der Waals surface area contributed by atoms with Crippen LogP contribution in [-0.4, -0.2) is 25.0 Å². The molecule has 3 aliphatic rings. The Morgan fingerprint density at radius 3 is 2.16 bits per heavy atom. The van der Waals surface area contributed by atoms with Crippen molar-refractivity contribution in [2.45, 2.75) is 32.6 Å². The Hall–Kier alpha value is -1.63. The van der Waals surface area contributed by atoms with E-state index in [4.69, 9.17) is 15.2 Å². The molecule has 0 amide bonds. The van der Waals surface area contributed by atoms with E-state index in [9.17, 15) is 10.5 Å². The number of nitrogens with two attached hydrogens (primary N) is 1. The minimum atomic E-state index is -1.38. The van der Waals surface area contributed by atoms with E-state index in [2.05, 4.69) is 17.1 Å². The van der Waals surface area contributed by atoms with Crippen LogP contribution in [0, 0.1) is 38.9 Å². The van der Waals surface area contributed by atoms with Gasteiger partial charge in [-0.15, -0.1) is 0 Å². The van der Waals surface area contributed by atoms with Crippen LogP contribution in [0.3, 0.4) is 0 Å². The lowest BCUT2D eigenvalue weighted by Gasteiger charge is -2.30. The van der Waals surface area contributed by atoms with Gasteiger partial charge in [-0.05, 0) is 12.8 Å². The standard InChI is InChI=1S/C13H16N4O2/c1-3-10(4-2)11(7-14)9(16)17-13(12(10,11)8-15)18-5-6-19-13/h3-6H2,1-2H3,(H2,16,17)/t11-,12+/m1/s1. The van der Waals surface area contributed by atoms with E-state index >= 15 is 0 Å². The van der Waals surface area contributed by atoms with E-state index < -0.39 is 22.2 Å². The van der Waals surface area contributed by atoms with Crippen LogP contribution in [0.1, 0.15) is 26.7 Å². The van der Waals surface area contributed by atoms with Gasteiger partial charge in [0.1, 0.15) is 11.3 Å². The van der Waals surface area contributed by atoms with Crippen LogP contribution >= 0.6 is 0 Å². The second-order valence-electron chi connectivity index (χ2n) is 5.29. The Bertz CT molecular complexity index is 548. The molecule has 6 heteroatoms. The molecular weight excluding hydrogens is 244 g/mol.